The molecule has 1 amide bonds. The normalized spacial score (nSPS) is 13.4. The average molecular weight is 362 g/mol. The van der Waals surface area contributed by atoms with Crippen molar-refractivity contribution in [3.8, 4) is 11.5 Å². The molecule has 0 fully saturated rings. The van der Waals surface area contributed by atoms with Gasteiger partial charge >= 0.3 is 0 Å². The van der Waals surface area contributed by atoms with Gasteiger partial charge in [-0.2, -0.15) is 5.10 Å². The molecule has 1 aliphatic heterocycles. The van der Waals surface area contributed by atoms with Crippen LogP contribution in [0.25, 0.3) is 11.5 Å². The number of amides is 1. The molecular weight excluding hydrogens is 336 g/mol. The summed E-state index contributed by atoms with van der Waals surface area (Å²) in [6.45, 7) is 9.60. The van der Waals surface area contributed by atoms with Crippen LogP contribution in [0.5, 0.6) is 0 Å². The molecule has 0 spiro atoms. The van der Waals surface area contributed by atoms with Gasteiger partial charge in [-0.3, -0.25) is 4.79 Å². The molecule has 0 aliphatic carbocycles. The monoisotopic (exact) mass is 362 g/mol. The fourth-order valence-electron chi connectivity index (χ4n) is 3.81. The summed E-state index contributed by atoms with van der Waals surface area (Å²) in [7, 11) is 0. The van der Waals surface area contributed by atoms with Crippen molar-refractivity contribution < 1.29 is 4.79 Å². The van der Waals surface area contributed by atoms with Crippen molar-refractivity contribution in [1.82, 2.24) is 19.2 Å². The third kappa shape index (κ3) is 3.18. The third-order valence-corrected chi connectivity index (χ3v) is 5.09. The summed E-state index contributed by atoms with van der Waals surface area (Å²) >= 11 is 0. The van der Waals surface area contributed by atoms with Crippen LogP contribution in [0.3, 0.4) is 0 Å². The van der Waals surface area contributed by atoms with Gasteiger partial charge in [-0.25, -0.2) is 4.68 Å². The van der Waals surface area contributed by atoms with Crippen molar-refractivity contribution in [3.63, 3.8) is 0 Å². The summed E-state index contributed by atoms with van der Waals surface area (Å²) < 4.78 is 4.13. The van der Waals surface area contributed by atoms with E-state index in [0.717, 1.165) is 22.8 Å². The highest BCUT2D eigenvalue weighted by molar-refractivity contribution is 5.77. The van der Waals surface area contributed by atoms with Crippen LogP contribution >= 0.6 is 0 Å². The SMILES string of the molecule is Cc1ccc(-n2nc3c(c2-n2cccc2)CN(C(=O)CC(C)C)C3)c(C)c1. The molecule has 1 aliphatic rings. The summed E-state index contributed by atoms with van der Waals surface area (Å²) in [5.74, 6) is 1.60. The van der Waals surface area contributed by atoms with Crippen LogP contribution in [0.2, 0.25) is 0 Å². The smallest absolute Gasteiger partial charge is 0.223 e. The molecule has 0 bridgehead atoms. The molecule has 0 N–H and O–H groups in total. The highest BCUT2D eigenvalue weighted by atomic mass is 16.2. The quantitative estimate of drug-likeness (QED) is 0.699. The minimum atomic E-state index is 0.208. The molecule has 4 rings (SSSR count). The number of benzene rings is 1. The van der Waals surface area contributed by atoms with E-state index in [1.807, 2.05) is 34.1 Å². The highest BCUT2D eigenvalue weighted by Gasteiger charge is 2.31. The Morgan fingerprint density at radius 2 is 1.89 bits per heavy atom. The first kappa shape index (κ1) is 17.6. The Hall–Kier alpha value is -2.82. The maximum Gasteiger partial charge on any atom is 0.223 e. The van der Waals surface area contributed by atoms with E-state index in [1.165, 1.54) is 11.1 Å². The summed E-state index contributed by atoms with van der Waals surface area (Å²) in [4.78, 5) is 14.5. The van der Waals surface area contributed by atoms with Crippen LogP contribution in [0, 0.1) is 19.8 Å². The molecule has 1 aromatic carbocycles. The zero-order valence-corrected chi connectivity index (χ0v) is 16.4. The van der Waals surface area contributed by atoms with Gasteiger partial charge in [-0.05, 0) is 43.5 Å². The summed E-state index contributed by atoms with van der Waals surface area (Å²) in [6.07, 6.45) is 4.66. The number of hydrogen-bond donors (Lipinski definition) is 0. The molecule has 0 radical (unpaired) electrons. The van der Waals surface area contributed by atoms with Gasteiger partial charge in [0.05, 0.1) is 24.5 Å². The largest absolute Gasteiger partial charge is 0.332 e. The number of carbonyl (C=O) groups excluding carboxylic acids is 1. The Bertz CT molecular complexity index is 982. The summed E-state index contributed by atoms with van der Waals surface area (Å²) in [6, 6.07) is 10.5. The zero-order valence-electron chi connectivity index (χ0n) is 16.4. The standard InChI is InChI=1S/C22H26N4O/c1-15(2)11-21(27)25-13-18-19(14-25)23-26(22(18)24-9-5-6-10-24)20-8-7-16(3)12-17(20)4/h5-10,12,15H,11,13-14H2,1-4H3. The lowest BCUT2D eigenvalue weighted by Gasteiger charge is -2.19. The van der Waals surface area contributed by atoms with E-state index in [2.05, 4.69) is 50.5 Å². The minimum Gasteiger partial charge on any atom is -0.332 e. The molecule has 140 valence electrons. The van der Waals surface area contributed by atoms with Crippen molar-refractivity contribution >= 4 is 5.91 Å². The second-order valence-corrected chi connectivity index (χ2v) is 7.89. The molecule has 3 aromatic rings. The van der Waals surface area contributed by atoms with Gasteiger partial charge in [0, 0.05) is 24.4 Å². The number of aromatic nitrogens is 3. The molecule has 5 heteroatoms. The average Bonchev–Trinajstić information content (AvgIpc) is 3.29. The van der Waals surface area contributed by atoms with Gasteiger partial charge in [0.25, 0.3) is 0 Å². The highest BCUT2D eigenvalue weighted by Crippen LogP contribution is 2.32. The van der Waals surface area contributed by atoms with Crippen LogP contribution in [0.1, 0.15) is 42.7 Å². The number of nitrogens with zero attached hydrogens (tertiary/aromatic N) is 4. The van der Waals surface area contributed by atoms with Gasteiger partial charge in [-0.1, -0.05) is 31.5 Å². The molecule has 0 saturated carbocycles. The fraction of sp³-hybridized carbons (Fsp3) is 0.364. The molecule has 3 heterocycles. The van der Waals surface area contributed by atoms with Crippen LogP contribution in [0.15, 0.2) is 42.7 Å². The first-order valence-corrected chi connectivity index (χ1v) is 9.53. The van der Waals surface area contributed by atoms with E-state index >= 15 is 0 Å². The fourth-order valence-corrected chi connectivity index (χ4v) is 3.81. The lowest BCUT2D eigenvalue weighted by molar-refractivity contribution is -0.132. The summed E-state index contributed by atoms with van der Waals surface area (Å²) in [5.41, 5.74) is 5.65. The Morgan fingerprint density at radius 1 is 1.15 bits per heavy atom. The van der Waals surface area contributed by atoms with Crippen LogP contribution in [-0.4, -0.2) is 25.2 Å². The Morgan fingerprint density at radius 3 is 2.56 bits per heavy atom. The molecule has 5 nitrogen and oxygen atoms in total. The van der Waals surface area contributed by atoms with Gasteiger partial charge < -0.3 is 9.47 Å². The summed E-state index contributed by atoms with van der Waals surface area (Å²) in [5, 5.41) is 4.92. The van der Waals surface area contributed by atoms with Crippen LogP contribution in [0.4, 0.5) is 0 Å². The maximum absolute atomic E-state index is 12.6. The first-order chi connectivity index (χ1) is 12.9. The van der Waals surface area contributed by atoms with Gasteiger partial charge in [0.1, 0.15) is 5.82 Å². The zero-order chi connectivity index (χ0) is 19.1. The van der Waals surface area contributed by atoms with E-state index in [9.17, 15) is 4.79 Å². The van der Waals surface area contributed by atoms with Gasteiger partial charge in [-0.15, -0.1) is 0 Å². The molecular formula is C22H26N4O. The van der Waals surface area contributed by atoms with E-state index in [4.69, 9.17) is 5.10 Å². The van der Waals surface area contributed by atoms with Crippen molar-refractivity contribution in [2.45, 2.75) is 47.2 Å². The van der Waals surface area contributed by atoms with Crippen molar-refractivity contribution in [3.05, 3.63) is 65.1 Å². The molecule has 0 saturated heterocycles. The third-order valence-electron chi connectivity index (χ3n) is 5.09. The molecule has 2 aromatic heterocycles. The van der Waals surface area contributed by atoms with Crippen molar-refractivity contribution in [2.24, 2.45) is 5.92 Å². The number of aryl methyl sites for hydroxylation is 2. The molecule has 0 atom stereocenters. The van der Waals surface area contributed by atoms with E-state index in [0.29, 0.717) is 25.4 Å². The number of fused-ring (bicyclic) bond motifs is 1. The Balaban J connectivity index is 1.78. The van der Waals surface area contributed by atoms with Gasteiger partial charge in [0.15, 0.2) is 0 Å². The minimum absolute atomic E-state index is 0.208. The van der Waals surface area contributed by atoms with Crippen molar-refractivity contribution in [1.29, 1.82) is 0 Å². The lowest BCUT2D eigenvalue weighted by atomic mass is 10.1. The second-order valence-electron chi connectivity index (χ2n) is 7.89. The number of rotatable bonds is 4. The Labute approximate surface area is 160 Å². The van der Waals surface area contributed by atoms with E-state index < -0.39 is 0 Å². The van der Waals surface area contributed by atoms with Crippen molar-refractivity contribution in [2.75, 3.05) is 0 Å². The Kier molecular flexibility index (Phi) is 4.38. The van der Waals surface area contributed by atoms with Crippen LogP contribution < -0.4 is 0 Å². The predicted molar refractivity (Wildman–Crippen MR) is 106 cm³/mol. The first-order valence-electron chi connectivity index (χ1n) is 9.53. The number of carbonyl (C=O) groups is 1. The molecule has 0 unspecified atom stereocenters. The van der Waals surface area contributed by atoms with E-state index in [1.54, 1.807) is 0 Å². The van der Waals surface area contributed by atoms with Gasteiger partial charge in [0.2, 0.25) is 5.91 Å². The molecule has 27 heavy (non-hydrogen) atoms. The maximum atomic E-state index is 12.6. The van der Waals surface area contributed by atoms with E-state index in [-0.39, 0.29) is 5.91 Å². The lowest BCUT2D eigenvalue weighted by Crippen LogP contribution is -2.27. The topological polar surface area (TPSA) is 43.1 Å². The second kappa shape index (κ2) is 6.72. The predicted octanol–water partition coefficient (Wildman–Crippen LogP) is 4.17. The number of hydrogen-bond acceptors (Lipinski definition) is 2. The van der Waals surface area contributed by atoms with Crippen LogP contribution in [-0.2, 0) is 17.9 Å².